The molecule has 1 aromatic rings. The van der Waals surface area contributed by atoms with Gasteiger partial charge in [0.15, 0.2) is 0 Å². The fraction of sp³-hybridized carbons (Fsp3) is 0.467. The van der Waals surface area contributed by atoms with Crippen LogP contribution in [0.25, 0.3) is 0 Å². The van der Waals surface area contributed by atoms with Crippen LogP contribution in [0.3, 0.4) is 0 Å². The zero-order valence-electron chi connectivity index (χ0n) is 12.2. The summed E-state index contributed by atoms with van der Waals surface area (Å²) in [6, 6.07) is 9.55. The lowest BCUT2D eigenvalue weighted by atomic mass is 10.2. The number of nitrogens with zero attached hydrogens (tertiary/aromatic N) is 2. The third-order valence-electron chi connectivity index (χ3n) is 3.57. The molecule has 0 aromatic heterocycles. The van der Waals surface area contributed by atoms with Crippen molar-refractivity contribution in [2.45, 2.75) is 23.5 Å². The van der Waals surface area contributed by atoms with Crippen LogP contribution >= 0.6 is 11.8 Å². The Kier molecular flexibility index (Phi) is 5.50. The van der Waals surface area contributed by atoms with E-state index in [9.17, 15) is 9.59 Å². The molecule has 1 heterocycles. The molecule has 1 aromatic carbocycles. The van der Waals surface area contributed by atoms with Crippen molar-refractivity contribution in [3.05, 3.63) is 30.3 Å². The minimum absolute atomic E-state index is 0.0764. The van der Waals surface area contributed by atoms with Gasteiger partial charge in [0, 0.05) is 31.1 Å². The molecule has 2 rings (SSSR count). The van der Waals surface area contributed by atoms with Gasteiger partial charge in [0.25, 0.3) is 0 Å². The maximum absolute atomic E-state index is 12.6. The van der Waals surface area contributed by atoms with E-state index >= 15 is 0 Å². The van der Waals surface area contributed by atoms with E-state index in [1.807, 2.05) is 42.2 Å². The summed E-state index contributed by atoms with van der Waals surface area (Å²) in [5.41, 5.74) is 5.26. The standard InChI is InChI=1S/C15H21N3O2S/c1-2-13(21-12-6-4-3-5-7-12)14(19)17-8-10-18(11-9-17)15(16)20/h3-7,13H,2,8-11H2,1H3,(H2,16,20)/t13-/m0/s1. The molecule has 1 atom stereocenters. The van der Waals surface area contributed by atoms with E-state index in [-0.39, 0.29) is 11.2 Å². The highest BCUT2D eigenvalue weighted by Gasteiger charge is 2.27. The second-order valence-electron chi connectivity index (χ2n) is 4.98. The van der Waals surface area contributed by atoms with Crippen molar-refractivity contribution in [2.24, 2.45) is 5.73 Å². The number of hydrogen-bond donors (Lipinski definition) is 1. The van der Waals surface area contributed by atoms with Crippen molar-refractivity contribution < 1.29 is 9.59 Å². The minimum Gasteiger partial charge on any atom is -0.351 e. The van der Waals surface area contributed by atoms with Crippen molar-refractivity contribution >= 4 is 23.7 Å². The van der Waals surface area contributed by atoms with Crippen LogP contribution in [0.2, 0.25) is 0 Å². The van der Waals surface area contributed by atoms with Gasteiger partial charge in [-0.1, -0.05) is 25.1 Å². The average molecular weight is 307 g/mol. The molecule has 1 aliphatic rings. The Morgan fingerprint density at radius 3 is 2.24 bits per heavy atom. The van der Waals surface area contributed by atoms with E-state index in [1.165, 1.54) is 0 Å². The van der Waals surface area contributed by atoms with Gasteiger partial charge in [0.05, 0.1) is 5.25 Å². The Labute approximate surface area is 129 Å². The summed E-state index contributed by atoms with van der Waals surface area (Å²) in [6.07, 6.45) is 0.786. The van der Waals surface area contributed by atoms with Crippen LogP contribution < -0.4 is 5.73 Å². The number of thioether (sulfide) groups is 1. The number of piperazine rings is 1. The maximum Gasteiger partial charge on any atom is 0.314 e. The van der Waals surface area contributed by atoms with Crippen molar-refractivity contribution in [3.63, 3.8) is 0 Å². The first-order valence-electron chi connectivity index (χ1n) is 7.16. The molecule has 6 heteroatoms. The molecular formula is C15H21N3O2S. The van der Waals surface area contributed by atoms with Gasteiger partial charge in [-0.05, 0) is 18.6 Å². The third-order valence-corrected chi connectivity index (χ3v) is 4.93. The number of benzene rings is 1. The van der Waals surface area contributed by atoms with Gasteiger partial charge in [0.1, 0.15) is 0 Å². The molecule has 1 fully saturated rings. The zero-order chi connectivity index (χ0) is 15.2. The van der Waals surface area contributed by atoms with Gasteiger partial charge >= 0.3 is 6.03 Å². The first kappa shape index (κ1) is 15.7. The Morgan fingerprint density at radius 2 is 1.71 bits per heavy atom. The molecule has 0 saturated carbocycles. The average Bonchev–Trinajstić information content (AvgIpc) is 2.53. The predicted molar refractivity (Wildman–Crippen MR) is 84.1 cm³/mol. The summed E-state index contributed by atoms with van der Waals surface area (Å²) in [5.74, 6) is 0.149. The van der Waals surface area contributed by atoms with E-state index in [1.54, 1.807) is 16.7 Å². The molecular weight excluding hydrogens is 286 g/mol. The summed E-state index contributed by atoms with van der Waals surface area (Å²) in [7, 11) is 0. The van der Waals surface area contributed by atoms with Crippen molar-refractivity contribution in [2.75, 3.05) is 26.2 Å². The van der Waals surface area contributed by atoms with Crippen LogP contribution in [0.5, 0.6) is 0 Å². The molecule has 114 valence electrons. The minimum atomic E-state index is -0.409. The van der Waals surface area contributed by atoms with Crippen LogP contribution in [-0.4, -0.2) is 53.2 Å². The van der Waals surface area contributed by atoms with Crippen LogP contribution in [-0.2, 0) is 4.79 Å². The Balaban J connectivity index is 1.93. The van der Waals surface area contributed by atoms with Crippen molar-refractivity contribution in [3.8, 4) is 0 Å². The van der Waals surface area contributed by atoms with Gasteiger partial charge in [-0.25, -0.2) is 4.79 Å². The number of amides is 3. The topological polar surface area (TPSA) is 66.6 Å². The Bertz CT molecular complexity index is 487. The quantitative estimate of drug-likeness (QED) is 0.862. The van der Waals surface area contributed by atoms with Crippen LogP contribution in [0.1, 0.15) is 13.3 Å². The van der Waals surface area contributed by atoms with Crippen LogP contribution in [0, 0.1) is 0 Å². The number of rotatable bonds is 4. The highest BCUT2D eigenvalue weighted by molar-refractivity contribution is 8.00. The summed E-state index contributed by atoms with van der Waals surface area (Å²) in [4.78, 5) is 28.2. The molecule has 1 aliphatic heterocycles. The number of urea groups is 1. The lowest BCUT2D eigenvalue weighted by molar-refractivity contribution is -0.132. The number of carbonyl (C=O) groups excluding carboxylic acids is 2. The lowest BCUT2D eigenvalue weighted by Gasteiger charge is -2.35. The second-order valence-corrected chi connectivity index (χ2v) is 6.25. The zero-order valence-corrected chi connectivity index (χ0v) is 13.0. The normalized spacial score (nSPS) is 16.6. The first-order chi connectivity index (χ1) is 10.1. The Hall–Kier alpha value is -1.69. The molecule has 21 heavy (non-hydrogen) atoms. The maximum atomic E-state index is 12.6. The number of nitrogens with two attached hydrogens (primary N) is 1. The second kappa shape index (κ2) is 7.36. The largest absolute Gasteiger partial charge is 0.351 e. The molecule has 1 saturated heterocycles. The summed E-state index contributed by atoms with van der Waals surface area (Å²) < 4.78 is 0. The summed E-state index contributed by atoms with van der Waals surface area (Å²) in [5, 5.41) is -0.0764. The summed E-state index contributed by atoms with van der Waals surface area (Å²) >= 11 is 1.60. The van der Waals surface area contributed by atoms with Crippen molar-refractivity contribution in [1.82, 2.24) is 9.80 Å². The highest BCUT2D eigenvalue weighted by Crippen LogP contribution is 2.26. The molecule has 2 N–H and O–H groups in total. The van der Waals surface area contributed by atoms with Gasteiger partial charge in [-0.3, -0.25) is 4.79 Å². The summed E-state index contributed by atoms with van der Waals surface area (Å²) in [6.45, 7) is 4.19. The fourth-order valence-corrected chi connectivity index (χ4v) is 3.38. The number of primary amides is 1. The van der Waals surface area contributed by atoms with Crippen molar-refractivity contribution in [1.29, 1.82) is 0 Å². The van der Waals surface area contributed by atoms with Gasteiger partial charge in [-0.2, -0.15) is 0 Å². The fourth-order valence-electron chi connectivity index (χ4n) is 2.32. The predicted octanol–water partition coefficient (Wildman–Crippen LogP) is 1.78. The molecule has 0 radical (unpaired) electrons. The first-order valence-corrected chi connectivity index (χ1v) is 8.04. The number of hydrogen-bond acceptors (Lipinski definition) is 3. The third kappa shape index (κ3) is 4.14. The van der Waals surface area contributed by atoms with Crippen LogP contribution in [0.15, 0.2) is 35.2 Å². The monoisotopic (exact) mass is 307 g/mol. The molecule has 0 unspecified atom stereocenters. The Morgan fingerprint density at radius 1 is 1.14 bits per heavy atom. The van der Waals surface area contributed by atoms with Gasteiger partial charge < -0.3 is 15.5 Å². The smallest absolute Gasteiger partial charge is 0.314 e. The van der Waals surface area contributed by atoms with E-state index in [0.29, 0.717) is 26.2 Å². The molecule has 5 nitrogen and oxygen atoms in total. The molecule has 0 aliphatic carbocycles. The van der Waals surface area contributed by atoms with Gasteiger partial charge in [0.2, 0.25) is 5.91 Å². The lowest BCUT2D eigenvalue weighted by Crippen LogP contribution is -2.53. The molecule has 0 bridgehead atoms. The molecule has 3 amide bonds. The van der Waals surface area contributed by atoms with E-state index in [2.05, 4.69) is 0 Å². The number of carbonyl (C=O) groups is 2. The van der Waals surface area contributed by atoms with E-state index < -0.39 is 6.03 Å². The highest BCUT2D eigenvalue weighted by atomic mass is 32.2. The molecule has 0 spiro atoms. The van der Waals surface area contributed by atoms with Crippen LogP contribution in [0.4, 0.5) is 4.79 Å². The van der Waals surface area contributed by atoms with E-state index in [0.717, 1.165) is 11.3 Å². The van der Waals surface area contributed by atoms with Gasteiger partial charge in [-0.15, -0.1) is 11.8 Å². The SMILES string of the molecule is CC[C@H](Sc1ccccc1)C(=O)N1CCN(C(N)=O)CC1. The van der Waals surface area contributed by atoms with E-state index in [4.69, 9.17) is 5.73 Å².